The van der Waals surface area contributed by atoms with Gasteiger partial charge in [0.15, 0.2) is 0 Å². The van der Waals surface area contributed by atoms with Gasteiger partial charge in [-0.2, -0.15) is 0 Å². The second kappa shape index (κ2) is 5.82. The van der Waals surface area contributed by atoms with E-state index in [1.165, 1.54) is 0 Å². The van der Waals surface area contributed by atoms with Crippen LogP contribution >= 0.6 is 11.3 Å². The number of nitrogens with one attached hydrogen (secondary N) is 1. The number of nitrogens with zero attached hydrogens (tertiary/aromatic N) is 1. The minimum absolute atomic E-state index is 0.227. The van der Waals surface area contributed by atoms with Crippen LogP contribution in [0.25, 0.3) is 0 Å². The summed E-state index contributed by atoms with van der Waals surface area (Å²) in [6.07, 6.45) is 0. The van der Waals surface area contributed by atoms with Crippen LogP contribution in [0.2, 0.25) is 0 Å². The monoisotopic (exact) mass is 275 g/mol. The molecule has 0 aliphatic rings. The van der Waals surface area contributed by atoms with Crippen LogP contribution in [-0.4, -0.2) is 11.5 Å². The molecule has 0 aliphatic heterocycles. The van der Waals surface area contributed by atoms with E-state index in [0.29, 0.717) is 0 Å². The van der Waals surface area contributed by atoms with E-state index < -0.39 is 0 Å². The molecule has 0 spiro atoms. The third kappa shape index (κ3) is 3.62. The zero-order valence-corrected chi connectivity index (χ0v) is 12.5. The molecule has 2 atom stereocenters. The smallest absolute Gasteiger partial charge is 0.110 e. The minimum Gasteiger partial charge on any atom is -0.321 e. The first kappa shape index (κ1) is 14.2. The van der Waals surface area contributed by atoms with Gasteiger partial charge in [0.05, 0.1) is 11.6 Å². The number of aryl methyl sites for hydroxylation is 1. The summed E-state index contributed by atoms with van der Waals surface area (Å²) in [5, 5.41) is 6.66. The van der Waals surface area contributed by atoms with Gasteiger partial charge in [0.1, 0.15) is 5.01 Å². The Labute approximate surface area is 118 Å². The Morgan fingerprint density at radius 2 is 2.05 bits per heavy atom. The molecule has 19 heavy (non-hydrogen) atoms. The Kier molecular flexibility index (Phi) is 4.34. The highest BCUT2D eigenvalue weighted by molar-refractivity contribution is 7.09. The molecule has 0 fully saturated rings. The van der Waals surface area contributed by atoms with Gasteiger partial charge >= 0.3 is 0 Å². The molecule has 1 aromatic heterocycles. The van der Waals surface area contributed by atoms with Crippen molar-refractivity contribution in [2.75, 3.05) is 6.54 Å². The molecule has 3 N–H and O–H groups in total. The lowest BCUT2D eigenvalue weighted by Gasteiger charge is -2.27. The summed E-state index contributed by atoms with van der Waals surface area (Å²) >= 11 is 1.69. The van der Waals surface area contributed by atoms with Crippen molar-refractivity contribution in [3.63, 3.8) is 0 Å². The predicted molar refractivity (Wildman–Crippen MR) is 81.3 cm³/mol. The van der Waals surface area contributed by atoms with Crippen molar-refractivity contribution in [3.8, 4) is 0 Å². The normalized spacial score (nSPS) is 16.0. The first-order chi connectivity index (χ1) is 8.99. The lowest BCUT2D eigenvalue weighted by atomic mass is 9.93. The van der Waals surface area contributed by atoms with Crippen molar-refractivity contribution in [1.82, 2.24) is 10.3 Å². The number of hydrogen-bond acceptors (Lipinski definition) is 4. The van der Waals surface area contributed by atoms with Crippen LogP contribution in [-0.2, 0) is 5.54 Å². The number of benzene rings is 1. The van der Waals surface area contributed by atoms with Gasteiger partial charge in [-0.05, 0) is 26.3 Å². The van der Waals surface area contributed by atoms with Crippen LogP contribution in [0, 0.1) is 6.92 Å². The molecule has 4 heteroatoms. The van der Waals surface area contributed by atoms with Gasteiger partial charge in [-0.15, -0.1) is 11.3 Å². The van der Waals surface area contributed by atoms with Crippen LogP contribution in [0.15, 0.2) is 35.7 Å². The topological polar surface area (TPSA) is 50.9 Å². The largest absolute Gasteiger partial charge is 0.321 e. The summed E-state index contributed by atoms with van der Waals surface area (Å²) < 4.78 is 0. The van der Waals surface area contributed by atoms with Crippen LogP contribution in [0.4, 0.5) is 0 Å². The highest BCUT2D eigenvalue weighted by Gasteiger charge is 2.22. The van der Waals surface area contributed by atoms with Crippen LogP contribution in [0.5, 0.6) is 0 Å². The summed E-state index contributed by atoms with van der Waals surface area (Å²) in [5.41, 5.74) is 8.24. The molecule has 0 bridgehead atoms. The number of rotatable bonds is 5. The molecule has 0 radical (unpaired) electrons. The van der Waals surface area contributed by atoms with Crippen molar-refractivity contribution in [1.29, 1.82) is 0 Å². The van der Waals surface area contributed by atoms with Crippen molar-refractivity contribution in [2.45, 2.75) is 32.4 Å². The molecule has 1 heterocycles. The Bertz CT molecular complexity index is 519. The molecule has 0 saturated heterocycles. The quantitative estimate of drug-likeness (QED) is 0.882. The van der Waals surface area contributed by atoms with Crippen LogP contribution < -0.4 is 11.1 Å². The molecule has 3 nitrogen and oxygen atoms in total. The van der Waals surface area contributed by atoms with Crippen LogP contribution in [0.3, 0.4) is 0 Å². The third-order valence-corrected chi connectivity index (χ3v) is 4.36. The highest BCUT2D eigenvalue weighted by atomic mass is 32.1. The van der Waals surface area contributed by atoms with Crippen molar-refractivity contribution < 1.29 is 0 Å². The lowest BCUT2D eigenvalue weighted by Crippen LogP contribution is -2.44. The van der Waals surface area contributed by atoms with E-state index in [1.807, 2.05) is 25.1 Å². The highest BCUT2D eigenvalue weighted by Crippen LogP contribution is 2.20. The summed E-state index contributed by atoms with van der Waals surface area (Å²) in [7, 11) is 0. The van der Waals surface area contributed by atoms with Gasteiger partial charge in [0.2, 0.25) is 0 Å². The molecule has 0 amide bonds. The molecule has 2 unspecified atom stereocenters. The SMILES string of the molecule is Cc1csc(C(C)NCC(C)(N)c2ccccc2)n1. The fraction of sp³-hybridized carbons (Fsp3) is 0.400. The second-order valence-corrected chi connectivity index (χ2v) is 6.10. The molecule has 0 aliphatic carbocycles. The standard InChI is InChI=1S/C15H21N3S/c1-11-9-19-14(18-11)12(2)17-10-15(3,16)13-7-5-4-6-8-13/h4-9,12,17H,10,16H2,1-3H3. The van der Waals surface area contributed by atoms with Gasteiger partial charge in [-0.3, -0.25) is 0 Å². The average Bonchev–Trinajstić information content (AvgIpc) is 2.84. The zero-order valence-electron chi connectivity index (χ0n) is 11.7. The predicted octanol–water partition coefficient (Wildman–Crippen LogP) is 2.98. The molecular formula is C15H21N3S. The molecule has 2 rings (SSSR count). The van der Waals surface area contributed by atoms with E-state index in [9.17, 15) is 0 Å². The maximum absolute atomic E-state index is 6.39. The van der Waals surface area contributed by atoms with Crippen molar-refractivity contribution >= 4 is 11.3 Å². The molecule has 1 aromatic carbocycles. The molecule has 0 saturated carbocycles. The summed E-state index contributed by atoms with van der Waals surface area (Å²) in [5.74, 6) is 0. The van der Waals surface area contributed by atoms with Gasteiger partial charge in [-0.1, -0.05) is 30.3 Å². The number of thiazole rings is 1. The summed E-state index contributed by atoms with van der Waals surface area (Å²) in [6.45, 7) is 6.91. The Balaban J connectivity index is 1.98. The first-order valence-electron chi connectivity index (χ1n) is 6.49. The maximum Gasteiger partial charge on any atom is 0.110 e. The number of nitrogens with two attached hydrogens (primary N) is 1. The van der Waals surface area contributed by atoms with Crippen molar-refractivity contribution in [2.24, 2.45) is 5.73 Å². The van der Waals surface area contributed by atoms with Gasteiger partial charge in [0, 0.05) is 17.6 Å². The Morgan fingerprint density at radius 3 is 2.63 bits per heavy atom. The van der Waals surface area contributed by atoms with E-state index in [0.717, 1.165) is 22.8 Å². The summed E-state index contributed by atoms with van der Waals surface area (Å²) in [6, 6.07) is 10.4. The number of hydrogen-bond donors (Lipinski definition) is 2. The minimum atomic E-state index is -0.373. The van der Waals surface area contributed by atoms with Gasteiger partial charge in [-0.25, -0.2) is 4.98 Å². The van der Waals surface area contributed by atoms with Crippen LogP contribution in [0.1, 0.15) is 36.2 Å². The van der Waals surface area contributed by atoms with Gasteiger partial charge < -0.3 is 11.1 Å². The first-order valence-corrected chi connectivity index (χ1v) is 7.37. The van der Waals surface area contributed by atoms with E-state index in [-0.39, 0.29) is 11.6 Å². The average molecular weight is 275 g/mol. The Morgan fingerprint density at radius 1 is 1.37 bits per heavy atom. The molecule has 102 valence electrons. The van der Waals surface area contributed by atoms with E-state index in [4.69, 9.17) is 5.73 Å². The number of aromatic nitrogens is 1. The third-order valence-electron chi connectivity index (χ3n) is 3.22. The lowest BCUT2D eigenvalue weighted by molar-refractivity contribution is 0.416. The Hall–Kier alpha value is -1.23. The zero-order chi connectivity index (χ0) is 13.9. The van der Waals surface area contributed by atoms with E-state index >= 15 is 0 Å². The second-order valence-electron chi connectivity index (χ2n) is 5.21. The maximum atomic E-state index is 6.39. The van der Waals surface area contributed by atoms with E-state index in [2.05, 4.69) is 41.7 Å². The van der Waals surface area contributed by atoms with Crippen molar-refractivity contribution in [3.05, 3.63) is 52.0 Å². The van der Waals surface area contributed by atoms with Gasteiger partial charge in [0.25, 0.3) is 0 Å². The van der Waals surface area contributed by atoms with E-state index in [1.54, 1.807) is 11.3 Å². The molecule has 2 aromatic rings. The fourth-order valence-electron chi connectivity index (χ4n) is 1.94. The fourth-order valence-corrected chi connectivity index (χ4v) is 2.77. The molecular weight excluding hydrogens is 254 g/mol. The summed E-state index contributed by atoms with van der Waals surface area (Å²) in [4.78, 5) is 4.50.